The van der Waals surface area contributed by atoms with Crippen molar-refractivity contribution in [3.63, 3.8) is 0 Å². The number of nitrogens with one attached hydrogen (secondary N) is 1. The fourth-order valence-electron chi connectivity index (χ4n) is 2.24. The van der Waals surface area contributed by atoms with Crippen LogP contribution in [0.4, 0.5) is 5.69 Å². The van der Waals surface area contributed by atoms with Crippen molar-refractivity contribution in [2.75, 3.05) is 31.6 Å². The molecule has 0 spiro atoms. The quantitative estimate of drug-likeness (QED) is 0.803. The summed E-state index contributed by atoms with van der Waals surface area (Å²) < 4.78 is 5.53. The second-order valence-corrected chi connectivity index (χ2v) is 5.19. The Labute approximate surface area is 122 Å². The highest BCUT2D eigenvalue weighted by Gasteiger charge is 2.26. The lowest BCUT2D eigenvalue weighted by Crippen LogP contribution is -2.50. The van der Waals surface area contributed by atoms with Gasteiger partial charge in [-0.25, -0.2) is 4.98 Å². The second-order valence-electron chi connectivity index (χ2n) is 4.84. The number of carbonyl (C=O) groups is 1. The van der Waals surface area contributed by atoms with Crippen LogP contribution >= 0.6 is 11.6 Å². The normalized spacial score (nSPS) is 23.6. The Bertz CT molecular complexity index is 472. The summed E-state index contributed by atoms with van der Waals surface area (Å²) >= 11 is 5.89. The zero-order chi connectivity index (χ0) is 14.5. The largest absolute Gasteiger partial charge is 0.394 e. The van der Waals surface area contributed by atoms with Crippen LogP contribution in [-0.2, 0) is 9.53 Å². The number of aliphatic hydroxyl groups is 1. The van der Waals surface area contributed by atoms with E-state index in [9.17, 15) is 4.79 Å². The average molecular weight is 300 g/mol. The number of aromatic nitrogens is 1. The molecule has 1 aromatic rings. The number of anilines is 1. The molecule has 1 amide bonds. The van der Waals surface area contributed by atoms with Crippen molar-refractivity contribution in [3.05, 3.63) is 23.5 Å². The molecule has 0 bridgehead atoms. The predicted molar refractivity (Wildman–Crippen MR) is 75.7 cm³/mol. The van der Waals surface area contributed by atoms with Crippen LogP contribution in [0.3, 0.4) is 0 Å². The number of rotatable bonds is 4. The molecule has 2 atom stereocenters. The zero-order valence-corrected chi connectivity index (χ0v) is 12.0. The third-order valence-electron chi connectivity index (χ3n) is 3.01. The van der Waals surface area contributed by atoms with E-state index >= 15 is 0 Å². The van der Waals surface area contributed by atoms with Crippen molar-refractivity contribution in [2.45, 2.75) is 19.1 Å². The lowest BCUT2D eigenvalue weighted by molar-refractivity contribution is -0.124. The maximum Gasteiger partial charge on any atom is 0.238 e. The smallest absolute Gasteiger partial charge is 0.238 e. The highest BCUT2D eigenvalue weighted by atomic mass is 35.5. The molecule has 20 heavy (non-hydrogen) atoms. The van der Waals surface area contributed by atoms with Crippen LogP contribution in [-0.4, -0.2) is 59.3 Å². The number of morpholine rings is 1. The van der Waals surface area contributed by atoms with Crippen molar-refractivity contribution >= 4 is 23.2 Å². The summed E-state index contributed by atoms with van der Waals surface area (Å²) in [6, 6.07) is 3.41. The molecule has 2 rings (SSSR count). The summed E-state index contributed by atoms with van der Waals surface area (Å²) in [5, 5.41) is 12.1. The van der Waals surface area contributed by atoms with Gasteiger partial charge in [-0.15, -0.1) is 0 Å². The molecule has 1 aliphatic rings. The molecular weight excluding hydrogens is 282 g/mol. The number of aliphatic hydroxyl groups excluding tert-OH is 1. The number of hydrogen-bond donors (Lipinski definition) is 2. The van der Waals surface area contributed by atoms with Crippen LogP contribution in [0.15, 0.2) is 18.3 Å². The van der Waals surface area contributed by atoms with Gasteiger partial charge in [0.1, 0.15) is 0 Å². The average Bonchev–Trinajstić information content (AvgIpc) is 2.40. The molecule has 0 saturated carbocycles. The van der Waals surface area contributed by atoms with E-state index in [0.717, 1.165) is 0 Å². The lowest BCUT2D eigenvalue weighted by Gasteiger charge is -2.35. The molecule has 1 fully saturated rings. The molecule has 0 radical (unpaired) electrons. The number of pyridine rings is 1. The van der Waals surface area contributed by atoms with E-state index in [1.165, 1.54) is 0 Å². The summed E-state index contributed by atoms with van der Waals surface area (Å²) in [5.74, 6) is -0.161. The first-order chi connectivity index (χ1) is 9.58. The molecule has 6 nitrogen and oxygen atoms in total. The van der Waals surface area contributed by atoms with Gasteiger partial charge in [0.2, 0.25) is 5.91 Å². The van der Waals surface area contributed by atoms with Crippen molar-refractivity contribution in [1.29, 1.82) is 0 Å². The second kappa shape index (κ2) is 6.99. The Hall–Kier alpha value is -1.21. The topological polar surface area (TPSA) is 74.7 Å². The summed E-state index contributed by atoms with van der Waals surface area (Å²) in [5.41, 5.74) is 0.499. The van der Waals surface area contributed by atoms with Crippen LogP contribution < -0.4 is 5.32 Å². The minimum absolute atomic E-state index is 0.00400. The van der Waals surface area contributed by atoms with Gasteiger partial charge < -0.3 is 15.2 Å². The first-order valence-corrected chi connectivity index (χ1v) is 6.85. The Kier molecular flexibility index (Phi) is 5.31. The van der Waals surface area contributed by atoms with E-state index < -0.39 is 0 Å². The number of hydrogen-bond acceptors (Lipinski definition) is 5. The summed E-state index contributed by atoms with van der Waals surface area (Å²) in [7, 11) is 0. The Morgan fingerprint density at radius 1 is 1.65 bits per heavy atom. The van der Waals surface area contributed by atoms with Crippen LogP contribution in [0.2, 0.25) is 5.15 Å². The van der Waals surface area contributed by atoms with Gasteiger partial charge in [0.25, 0.3) is 0 Å². The van der Waals surface area contributed by atoms with E-state index in [0.29, 0.717) is 18.8 Å². The minimum Gasteiger partial charge on any atom is -0.394 e. The molecule has 1 saturated heterocycles. The number of amides is 1. The fourth-order valence-corrected chi connectivity index (χ4v) is 2.41. The van der Waals surface area contributed by atoms with E-state index in [-0.39, 0.29) is 36.4 Å². The molecule has 2 unspecified atom stereocenters. The number of halogens is 1. The van der Waals surface area contributed by atoms with Crippen molar-refractivity contribution < 1.29 is 14.6 Å². The van der Waals surface area contributed by atoms with Crippen molar-refractivity contribution in [3.8, 4) is 0 Å². The number of nitrogens with zero attached hydrogens (tertiary/aromatic N) is 2. The standard InChI is InChI=1S/C13H18ClN3O3/c1-9-5-17(6-10(8-18)20-9)7-12(19)16-11-3-2-4-15-13(11)14/h2-4,9-10,18H,5-8H2,1H3,(H,16,19). The maximum atomic E-state index is 12.0. The molecule has 2 heterocycles. The van der Waals surface area contributed by atoms with Crippen LogP contribution in [0.5, 0.6) is 0 Å². The van der Waals surface area contributed by atoms with E-state index in [4.69, 9.17) is 21.4 Å². The van der Waals surface area contributed by atoms with E-state index in [2.05, 4.69) is 10.3 Å². The third-order valence-corrected chi connectivity index (χ3v) is 3.31. The van der Waals surface area contributed by atoms with Crippen LogP contribution in [0.1, 0.15) is 6.92 Å². The maximum absolute atomic E-state index is 12.0. The van der Waals surface area contributed by atoms with Crippen LogP contribution in [0, 0.1) is 0 Å². The molecular formula is C13H18ClN3O3. The Morgan fingerprint density at radius 2 is 2.45 bits per heavy atom. The van der Waals surface area contributed by atoms with Gasteiger partial charge in [-0.3, -0.25) is 9.69 Å². The monoisotopic (exact) mass is 299 g/mol. The first-order valence-electron chi connectivity index (χ1n) is 6.47. The van der Waals surface area contributed by atoms with Gasteiger partial charge >= 0.3 is 0 Å². The van der Waals surface area contributed by atoms with E-state index in [1.807, 2.05) is 11.8 Å². The van der Waals surface area contributed by atoms with E-state index in [1.54, 1.807) is 18.3 Å². The molecule has 2 N–H and O–H groups in total. The first kappa shape index (κ1) is 15.2. The minimum atomic E-state index is -0.242. The Morgan fingerprint density at radius 3 is 3.15 bits per heavy atom. The number of carbonyl (C=O) groups excluding carboxylic acids is 1. The zero-order valence-electron chi connectivity index (χ0n) is 11.3. The fraction of sp³-hybridized carbons (Fsp3) is 0.538. The van der Waals surface area contributed by atoms with Gasteiger partial charge in [0.15, 0.2) is 5.15 Å². The highest BCUT2D eigenvalue weighted by molar-refractivity contribution is 6.32. The third kappa shape index (κ3) is 4.14. The Balaban J connectivity index is 1.89. The van der Waals surface area contributed by atoms with Gasteiger partial charge in [0, 0.05) is 19.3 Å². The molecule has 1 aliphatic heterocycles. The van der Waals surface area contributed by atoms with Crippen LogP contribution in [0.25, 0.3) is 0 Å². The highest BCUT2D eigenvalue weighted by Crippen LogP contribution is 2.17. The van der Waals surface area contributed by atoms with Crippen molar-refractivity contribution in [2.24, 2.45) is 0 Å². The van der Waals surface area contributed by atoms with Gasteiger partial charge in [-0.1, -0.05) is 11.6 Å². The molecule has 7 heteroatoms. The molecule has 0 aliphatic carbocycles. The summed E-state index contributed by atoms with van der Waals surface area (Å²) in [4.78, 5) is 17.8. The lowest BCUT2D eigenvalue weighted by atomic mass is 10.2. The molecule has 110 valence electrons. The van der Waals surface area contributed by atoms with Crippen molar-refractivity contribution in [1.82, 2.24) is 9.88 Å². The SMILES string of the molecule is CC1CN(CC(=O)Nc2cccnc2Cl)CC(CO)O1. The predicted octanol–water partition coefficient (Wildman–Crippen LogP) is 0.755. The molecule has 1 aromatic heterocycles. The van der Waals surface area contributed by atoms with Gasteiger partial charge in [0.05, 0.1) is 31.0 Å². The molecule has 0 aromatic carbocycles. The number of ether oxygens (including phenoxy) is 1. The van der Waals surface area contributed by atoms with Gasteiger partial charge in [-0.05, 0) is 19.1 Å². The van der Waals surface area contributed by atoms with Gasteiger partial charge in [-0.2, -0.15) is 0 Å². The summed E-state index contributed by atoms with van der Waals surface area (Å²) in [6.07, 6.45) is 1.32. The summed E-state index contributed by atoms with van der Waals surface area (Å²) in [6.45, 7) is 3.30.